The molecule has 0 bridgehead atoms. The number of alkyl halides is 6. The van der Waals surface area contributed by atoms with Crippen molar-refractivity contribution in [2.75, 3.05) is 19.5 Å². The molecule has 8 nitrogen and oxygen atoms in total. The topological polar surface area (TPSA) is 96.0 Å². The minimum atomic E-state index is -5.14. The van der Waals surface area contributed by atoms with Crippen LogP contribution in [0.15, 0.2) is 54.7 Å². The molecule has 0 saturated carbocycles. The normalized spacial score (nSPS) is 13.0. The zero-order valence-corrected chi connectivity index (χ0v) is 18.4. The average molecular weight is 533 g/mol. The Balaban J connectivity index is 2.01. The largest absolute Gasteiger partial charge is 0.573 e. The third-order valence-corrected chi connectivity index (χ3v) is 4.45. The predicted molar refractivity (Wildman–Crippen MR) is 115 cm³/mol. The summed E-state index contributed by atoms with van der Waals surface area (Å²) in [4.78, 5) is 28.2. The number of benzene rings is 2. The van der Waals surface area contributed by atoms with E-state index in [0.29, 0.717) is 18.2 Å². The summed E-state index contributed by atoms with van der Waals surface area (Å²) < 4.78 is 118. The summed E-state index contributed by atoms with van der Waals surface area (Å²) in [5.74, 6) is -4.73. The van der Waals surface area contributed by atoms with Gasteiger partial charge in [-0.05, 0) is 42.5 Å². The molecular formula is C23H16F6N2O6. The number of methoxy groups -OCH3 is 2. The number of aromatic nitrogens is 1. The van der Waals surface area contributed by atoms with Gasteiger partial charge in [-0.25, -0.2) is 9.78 Å². The number of carbonyl (C=O) groups is 2. The fraction of sp³-hybridized carbons (Fsp3) is 0.174. The molecule has 1 amide bonds. The van der Waals surface area contributed by atoms with E-state index >= 15 is 0 Å². The number of esters is 1. The van der Waals surface area contributed by atoms with Crippen molar-refractivity contribution in [2.45, 2.75) is 12.5 Å². The van der Waals surface area contributed by atoms with Crippen molar-refractivity contribution in [1.82, 2.24) is 4.98 Å². The number of rotatable bonds is 7. The Hall–Kier alpha value is -4.49. The molecule has 0 saturated heterocycles. The molecule has 196 valence electrons. The maximum atomic E-state index is 13.4. The molecule has 0 unspecified atom stereocenters. The van der Waals surface area contributed by atoms with Crippen molar-refractivity contribution in [1.29, 1.82) is 0 Å². The highest BCUT2D eigenvalue weighted by Gasteiger charge is 2.33. The molecule has 0 aliphatic heterocycles. The van der Waals surface area contributed by atoms with Crippen LogP contribution < -0.4 is 19.5 Å². The zero-order chi connectivity index (χ0) is 29.9. The van der Waals surface area contributed by atoms with Gasteiger partial charge in [0.2, 0.25) is 0 Å². The molecule has 3 aromatic rings. The quantitative estimate of drug-likeness (QED) is 0.301. The van der Waals surface area contributed by atoms with Crippen molar-refractivity contribution in [3.63, 3.8) is 0 Å². The van der Waals surface area contributed by atoms with Crippen LogP contribution in [-0.4, -0.2) is 37.4 Å². The molecule has 0 atom stereocenters. The molecule has 1 heterocycles. The van der Waals surface area contributed by atoms with Gasteiger partial charge >= 0.3 is 18.5 Å². The fourth-order valence-corrected chi connectivity index (χ4v) is 2.83. The monoisotopic (exact) mass is 533 g/mol. The number of anilines is 1. The molecular weight excluding hydrogens is 514 g/mol. The first-order valence-electron chi connectivity index (χ1n) is 11.3. The number of pyridine rings is 1. The van der Waals surface area contributed by atoms with Gasteiger partial charge in [0.25, 0.3) is 5.91 Å². The number of hydrogen-bond donors (Lipinski definition) is 1. The second-order valence-electron chi connectivity index (χ2n) is 6.95. The smallest absolute Gasteiger partial charge is 0.493 e. The van der Waals surface area contributed by atoms with E-state index in [2.05, 4.69) is 24.5 Å². The number of carbonyl (C=O) groups excluding carboxylic acids is 2. The summed E-state index contributed by atoms with van der Waals surface area (Å²) in [6.07, 6.45) is -8.99. The van der Waals surface area contributed by atoms with E-state index in [4.69, 9.17) is 8.85 Å². The van der Waals surface area contributed by atoms with Gasteiger partial charge in [-0.1, -0.05) is 0 Å². The van der Waals surface area contributed by atoms with Crippen LogP contribution in [0.5, 0.6) is 23.0 Å². The number of nitrogens with zero attached hydrogens (tertiary/aromatic N) is 1. The molecule has 1 N–H and O–H groups in total. The Morgan fingerprint density at radius 2 is 1.68 bits per heavy atom. The molecule has 1 aromatic heterocycles. The second-order valence-corrected chi connectivity index (χ2v) is 6.95. The Kier molecular flexibility index (Phi) is 6.60. The third kappa shape index (κ3) is 7.02. The lowest BCUT2D eigenvalue weighted by Gasteiger charge is -2.17. The Bertz CT molecular complexity index is 1400. The summed E-state index contributed by atoms with van der Waals surface area (Å²) >= 11 is 0. The standard InChI is InChI=1S/C23H16F6N2O6/c1-34-19-10-14(37-23(27,28)29)5-8-18(19)36-17-7-3-12(22(24,25)26)9-15(17)20(32)31-13-4-6-16(30-11-13)21(33)35-2/h3-11H,1-2H3,(H,31,32)/i1D3. The van der Waals surface area contributed by atoms with Crippen LogP contribution in [0, 0.1) is 0 Å². The van der Waals surface area contributed by atoms with Gasteiger partial charge in [-0.3, -0.25) is 4.79 Å². The maximum Gasteiger partial charge on any atom is 0.573 e. The lowest BCUT2D eigenvalue weighted by molar-refractivity contribution is -0.274. The highest BCUT2D eigenvalue weighted by Crippen LogP contribution is 2.39. The van der Waals surface area contributed by atoms with Gasteiger partial charge in [0.15, 0.2) is 11.5 Å². The van der Waals surface area contributed by atoms with Crippen LogP contribution >= 0.6 is 0 Å². The lowest BCUT2D eigenvalue weighted by atomic mass is 10.1. The van der Waals surface area contributed by atoms with Crippen molar-refractivity contribution >= 4 is 17.6 Å². The Morgan fingerprint density at radius 1 is 0.946 bits per heavy atom. The van der Waals surface area contributed by atoms with E-state index < -0.39 is 65.6 Å². The number of amides is 1. The van der Waals surface area contributed by atoms with Crippen LogP contribution in [0.2, 0.25) is 0 Å². The number of hydrogen-bond acceptors (Lipinski definition) is 7. The summed E-state index contributed by atoms with van der Waals surface area (Å²) in [5.41, 5.74) is -2.12. The summed E-state index contributed by atoms with van der Waals surface area (Å²) in [6.45, 7) is 0. The van der Waals surface area contributed by atoms with Crippen molar-refractivity contribution < 1.29 is 59.0 Å². The first-order valence-corrected chi connectivity index (χ1v) is 9.79. The molecule has 0 aliphatic carbocycles. The molecule has 3 rings (SSSR count). The van der Waals surface area contributed by atoms with E-state index in [-0.39, 0.29) is 11.4 Å². The first-order chi connectivity index (χ1) is 18.4. The molecule has 0 spiro atoms. The van der Waals surface area contributed by atoms with E-state index in [1.54, 1.807) is 0 Å². The molecule has 2 aromatic carbocycles. The predicted octanol–water partition coefficient (Wildman–Crippen LogP) is 5.84. The highest BCUT2D eigenvalue weighted by molar-refractivity contribution is 6.06. The SMILES string of the molecule is [2H]C([2H])([2H])Oc1cc(OC(F)(F)F)ccc1Oc1ccc(C(F)(F)F)cc1C(=O)Nc1ccc(C(=O)OC)nc1. The Morgan fingerprint density at radius 3 is 2.27 bits per heavy atom. The zero-order valence-electron chi connectivity index (χ0n) is 21.4. The number of ether oxygens (including phenoxy) is 4. The molecule has 0 aliphatic rings. The highest BCUT2D eigenvalue weighted by atomic mass is 19.4. The van der Waals surface area contributed by atoms with Gasteiger partial charge in [-0.2, -0.15) is 13.2 Å². The van der Waals surface area contributed by atoms with Crippen molar-refractivity contribution in [3.05, 3.63) is 71.5 Å². The summed E-state index contributed by atoms with van der Waals surface area (Å²) in [7, 11) is -2.07. The third-order valence-electron chi connectivity index (χ3n) is 4.45. The van der Waals surface area contributed by atoms with Crippen LogP contribution in [-0.2, 0) is 10.9 Å². The van der Waals surface area contributed by atoms with E-state index in [9.17, 15) is 35.9 Å². The van der Waals surface area contributed by atoms with E-state index in [1.807, 2.05) is 0 Å². The number of halogens is 6. The Labute approximate surface area is 208 Å². The van der Waals surface area contributed by atoms with Gasteiger partial charge in [0, 0.05) is 6.07 Å². The van der Waals surface area contributed by atoms with E-state index in [1.165, 1.54) is 12.1 Å². The maximum absolute atomic E-state index is 13.4. The summed E-state index contributed by atoms with van der Waals surface area (Å²) in [6, 6.07) is 6.20. The van der Waals surface area contributed by atoms with Crippen LogP contribution in [0.25, 0.3) is 0 Å². The van der Waals surface area contributed by atoms with Crippen LogP contribution in [0.3, 0.4) is 0 Å². The molecule has 14 heteroatoms. The average Bonchev–Trinajstić information content (AvgIpc) is 2.83. The lowest BCUT2D eigenvalue weighted by Crippen LogP contribution is -2.17. The minimum absolute atomic E-state index is 0.0407. The van der Waals surface area contributed by atoms with Crippen molar-refractivity contribution in [2.24, 2.45) is 0 Å². The van der Waals surface area contributed by atoms with Gasteiger partial charge in [-0.15, -0.1) is 13.2 Å². The molecule has 0 radical (unpaired) electrons. The molecule has 0 fully saturated rings. The fourth-order valence-electron chi connectivity index (χ4n) is 2.83. The van der Waals surface area contributed by atoms with Crippen LogP contribution in [0.1, 0.15) is 30.5 Å². The van der Waals surface area contributed by atoms with Gasteiger partial charge in [0.1, 0.15) is 17.2 Å². The van der Waals surface area contributed by atoms with Gasteiger partial charge in [0.05, 0.1) is 41.3 Å². The van der Waals surface area contributed by atoms with E-state index in [0.717, 1.165) is 31.5 Å². The first kappa shape index (κ1) is 22.9. The molecule has 37 heavy (non-hydrogen) atoms. The van der Waals surface area contributed by atoms with Crippen molar-refractivity contribution in [3.8, 4) is 23.0 Å². The number of nitrogens with one attached hydrogen (secondary N) is 1. The second kappa shape index (κ2) is 10.6. The summed E-state index contributed by atoms with van der Waals surface area (Å²) in [5, 5.41) is 2.27. The minimum Gasteiger partial charge on any atom is -0.493 e. The van der Waals surface area contributed by atoms with Gasteiger partial charge < -0.3 is 24.3 Å². The van der Waals surface area contributed by atoms with Crippen LogP contribution in [0.4, 0.5) is 32.0 Å².